The van der Waals surface area contributed by atoms with Crippen molar-refractivity contribution in [2.45, 2.75) is 58.8 Å². The van der Waals surface area contributed by atoms with Crippen molar-refractivity contribution in [1.29, 1.82) is 0 Å². The molecular formula is C15H27NO3. The van der Waals surface area contributed by atoms with Crippen molar-refractivity contribution in [1.82, 2.24) is 4.90 Å². The van der Waals surface area contributed by atoms with Gasteiger partial charge >= 0.3 is 5.97 Å². The molecule has 1 aliphatic rings. The second-order valence-corrected chi connectivity index (χ2v) is 5.54. The highest BCUT2D eigenvalue weighted by atomic mass is 16.5. The minimum atomic E-state index is -0.376. The summed E-state index contributed by atoms with van der Waals surface area (Å²) in [6.07, 6.45) is 5.18. The number of likely N-dealkylation sites (tertiary alicyclic amines) is 1. The van der Waals surface area contributed by atoms with E-state index in [-0.39, 0.29) is 24.2 Å². The Balaban J connectivity index is 2.69. The third-order valence-electron chi connectivity index (χ3n) is 3.44. The maximum absolute atomic E-state index is 12.1. The molecule has 1 aliphatic heterocycles. The van der Waals surface area contributed by atoms with Gasteiger partial charge in [-0.05, 0) is 39.5 Å². The molecule has 1 N–H and O–H groups in total. The summed E-state index contributed by atoms with van der Waals surface area (Å²) in [5.41, 5.74) is 0. The van der Waals surface area contributed by atoms with E-state index in [0.29, 0.717) is 18.9 Å². The van der Waals surface area contributed by atoms with Crippen molar-refractivity contribution in [3.8, 4) is 0 Å². The smallest absolute Gasteiger partial charge is 0.323 e. The number of carbonyl (C=O) groups excluding carboxylic acids is 1. The van der Waals surface area contributed by atoms with Gasteiger partial charge in [0.1, 0.15) is 6.04 Å². The Morgan fingerprint density at radius 3 is 2.74 bits per heavy atom. The van der Waals surface area contributed by atoms with Crippen LogP contribution in [0.25, 0.3) is 0 Å². The maximum Gasteiger partial charge on any atom is 0.323 e. The molecular weight excluding hydrogens is 242 g/mol. The Morgan fingerprint density at radius 2 is 2.21 bits per heavy atom. The first-order valence-corrected chi connectivity index (χ1v) is 7.23. The van der Waals surface area contributed by atoms with Crippen LogP contribution < -0.4 is 0 Å². The zero-order valence-electron chi connectivity index (χ0n) is 12.5. The molecule has 1 unspecified atom stereocenters. The number of ether oxygens (including phenoxy) is 1. The molecule has 4 nitrogen and oxygen atoms in total. The van der Waals surface area contributed by atoms with Crippen LogP contribution in [0.2, 0.25) is 0 Å². The van der Waals surface area contributed by atoms with Crippen molar-refractivity contribution in [2.75, 3.05) is 13.1 Å². The van der Waals surface area contributed by atoms with Gasteiger partial charge in [0.15, 0.2) is 0 Å². The van der Waals surface area contributed by atoms with Gasteiger partial charge in [-0.15, -0.1) is 0 Å². The fourth-order valence-corrected chi connectivity index (χ4v) is 2.51. The van der Waals surface area contributed by atoms with Crippen molar-refractivity contribution in [2.24, 2.45) is 5.92 Å². The molecule has 19 heavy (non-hydrogen) atoms. The van der Waals surface area contributed by atoms with Gasteiger partial charge in [-0.25, -0.2) is 0 Å². The standard InChI is InChI=1S/C15H27NO3/c1-5-7-12-8-14(15(18)19-11(3)4)16(9-12)10-13(17)6-2/h5,7,11-14,17H,6,8-10H2,1-4H3/t12-,13?,14-/m1/s1. The third-order valence-corrected chi connectivity index (χ3v) is 3.44. The fraction of sp³-hybridized carbons (Fsp3) is 0.800. The number of carbonyl (C=O) groups is 1. The van der Waals surface area contributed by atoms with E-state index >= 15 is 0 Å². The van der Waals surface area contributed by atoms with E-state index < -0.39 is 0 Å². The summed E-state index contributed by atoms with van der Waals surface area (Å²) in [6.45, 7) is 9.03. The van der Waals surface area contributed by atoms with Gasteiger partial charge in [-0.1, -0.05) is 19.1 Å². The predicted octanol–water partition coefficient (Wildman–Crippen LogP) is 1.98. The number of nitrogens with zero attached hydrogens (tertiary/aromatic N) is 1. The molecule has 0 aromatic rings. The Kier molecular flexibility index (Phi) is 6.52. The van der Waals surface area contributed by atoms with Crippen LogP contribution in [0.5, 0.6) is 0 Å². The summed E-state index contributed by atoms with van der Waals surface area (Å²) in [6, 6.07) is -0.218. The van der Waals surface area contributed by atoms with Crippen LogP contribution in [-0.2, 0) is 9.53 Å². The summed E-state index contributed by atoms with van der Waals surface area (Å²) >= 11 is 0. The summed E-state index contributed by atoms with van der Waals surface area (Å²) in [5, 5.41) is 9.80. The van der Waals surface area contributed by atoms with Gasteiger partial charge in [0.25, 0.3) is 0 Å². The number of β-amino-alcohol motifs (C(OH)–C–C–N with tert-alkyl or cyclic N) is 1. The molecule has 110 valence electrons. The lowest BCUT2D eigenvalue weighted by Crippen LogP contribution is -2.42. The zero-order chi connectivity index (χ0) is 14.4. The molecule has 0 amide bonds. The second-order valence-electron chi connectivity index (χ2n) is 5.54. The average Bonchev–Trinajstić information content (AvgIpc) is 2.71. The molecule has 1 heterocycles. The third kappa shape index (κ3) is 4.96. The predicted molar refractivity (Wildman–Crippen MR) is 75.8 cm³/mol. The minimum absolute atomic E-state index is 0.0915. The van der Waals surface area contributed by atoms with E-state index in [1.807, 2.05) is 33.8 Å². The highest BCUT2D eigenvalue weighted by Crippen LogP contribution is 2.26. The molecule has 0 bridgehead atoms. The van der Waals surface area contributed by atoms with Crippen molar-refractivity contribution < 1.29 is 14.6 Å². The van der Waals surface area contributed by atoms with E-state index in [2.05, 4.69) is 11.0 Å². The molecule has 0 spiro atoms. The number of aliphatic hydroxyl groups excluding tert-OH is 1. The molecule has 1 rings (SSSR count). The van der Waals surface area contributed by atoms with Crippen molar-refractivity contribution in [3.63, 3.8) is 0 Å². The van der Waals surface area contributed by atoms with Gasteiger partial charge in [-0.2, -0.15) is 0 Å². The molecule has 4 heteroatoms. The molecule has 0 aromatic heterocycles. The number of hydrogen-bond acceptors (Lipinski definition) is 4. The van der Waals surface area contributed by atoms with E-state index in [1.165, 1.54) is 0 Å². The Bertz CT molecular complexity index is 315. The second kappa shape index (κ2) is 7.65. The Hall–Kier alpha value is -0.870. The largest absolute Gasteiger partial charge is 0.462 e. The van der Waals surface area contributed by atoms with E-state index in [0.717, 1.165) is 13.0 Å². The van der Waals surface area contributed by atoms with Crippen LogP contribution in [0.3, 0.4) is 0 Å². The quantitative estimate of drug-likeness (QED) is 0.592. The highest BCUT2D eigenvalue weighted by Gasteiger charge is 2.37. The monoisotopic (exact) mass is 269 g/mol. The Labute approximate surface area is 116 Å². The normalized spacial score (nSPS) is 26.2. The van der Waals surface area contributed by atoms with Crippen molar-refractivity contribution >= 4 is 5.97 Å². The van der Waals surface area contributed by atoms with Crippen LogP contribution in [0, 0.1) is 5.92 Å². The lowest BCUT2D eigenvalue weighted by atomic mass is 10.1. The lowest BCUT2D eigenvalue weighted by molar-refractivity contribution is -0.153. The minimum Gasteiger partial charge on any atom is -0.462 e. The highest BCUT2D eigenvalue weighted by molar-refractivity contribution is 5.76. The fourth-order valence-electron chi connectivity index (χ4n) is 2.51. The number of esters is 1. The molecule has 0 saturated carbocycles. The van der Waals surface area contributed by atoms with Gasteiger partial charge in [0.05, 0.1) is 12.2 Å². The summed E-state index contributed by atoms with van der Waals surface area (Å²) in [4.78, 5) is 14.2. The first kappa shape index (κ1) is 16.2. The first-order valence-electron chi connectivity index (χ1n) is 7.23. The number of allylic oxidation sites excluding steroid dienone is 1. The van der Waals surface area contributed by atoms with E-state index in [9.17, 15) is 9.90 Å². The van der Waals surface area contributed by atoms with E-state index in [1.54, 1.807) is 0 Å². The number of rotatable bonds is 6. The van der Waals surface area contributed by atoms with Crippen LogP contribution in [0.4, 0.5) is 0 Å². The topological polar surface area (TPSA) is 49.8 Å². The maximum atomic E-state index is 12.1. The summed E-state index contributed by atoms with van der Waals surface area (Å²) < 4.78 is 5.32. The van der Waals surface area contributed by atoms with Crippen LogP contribution in [-0.4, -0.2) is 47.3 Å². The SMILES string of the molecule is CC=C[C@@H]1C[C@H](C(=O)OC(C)C)N(CC(O)CC)C1. The Morgan fingerprint density at radius 1 is 1.53 bits per heavy atom. The molecule has 0 aliphatic carbocycles. The summed E-state index contributed by atoms with van der Waals surface area (Å²) in [5.74, 6) is 0.212. The van der Waals surface area contributed by atoms with Gasteiger partial charge in [-0.3, -0.25) is 9.69 Å². The van der Waals surface area contributed by atoms with Gasteiger partial charge < -0.3 is 9.84 Å². The average molecular weight is 269 g/mol. The molecule has 1 saturated heterocycles. The number of hydrogen-bond donors (Lipinski definition) is 1. The zero-order valence-corrected chi connectivity index (χ0v) is 12.5. The molecule has 1 fully saturated rings. The van der Waals surface area contributed by atoms with Crippen molar-refractivity contribution in [3.05, 3.63) is 12.2 Å². The first-order chi connectivity index (χ1) is 8.97. The van der Waals surface area contributed by atoms with Gasteiger partial charge in [0.2, 0.25) is 0 Å². The van der Waals surface area contributed by atoms with Crippen LogP contribution in [0.15, 0.2) is 12.2 Å². The molecule has 3 atom stereocenters. The molecule has 0 radical (unpaired) electrons. The lowest BCUT2D eigenvalue weighted by Gasteiger charge is -2.25. The van der Waals surface area contributed by atoms with E-state index in [4.69, 9.17) is 4.74 Å². The summed E-state index contributed by atoms with van der Waals surface area (Å²) in [7, 11) is 0. The van der Waals surface area contributed by atoms with Crippen LogP contribution in [0.1, 0.15) is 40.5 Å². The number of aliphatic hydroxyl groups is 1. The van der Waals surface area contributed by atoms with Crippen LogP contribution >= 0.6 is 0 Å². The van der Waals surface area contributed by atoms with Gasteiger partial charge in [0, 0.05) is 13.1 Å². The molecule has 0 aromatic carbocycles.